The third-order valence-electron chi connectivity index (χ3n) is 3.74. The van der Waals surface area contributed by atoms with Gasteiger partial charge in [-0.25, -0.2) is 0 Å². The maximum atomic E-state index is 12.0. The van der Waals surface area contributed by atoms with Crippen molar-refractivity contribution in [2.75, 3.05) is 30.7 Å². The number of carbonyl (C=O) groups excluding carboxylic acids is 1. The zero-order chi connectivity index (χ0) is 15.4. The number of nitrogens with zero attached hydrogens (tertiary/aromatic N) is 1. The number of likely N-dealkylation sites (tertiary alicyclic amines) is 1. The molecule has 1 aromatic carbocycles. The summed E-state index contributed by atoms with van der Waals surface area (Å²) in [4.78, 5) is 14.4. The Morgan fingerprint density at radius 3 is 2.86 bits per heavy atom. The first-order chi connectivity index (χ1) is 9.95. The molecular weight excluding hydrogens is 309 g/mol. The lowest BCUT2D eigenvalue weighted by Crippen LogP contribution is -2.23. The largest absolute Gasteiger partial charge is 0.397 e. The van der Waals surface area contributed by atoms with Gasteiger partial charge in [-0.15, -0.1) is 0 Å². The fraction of sp³-hybridized carbons (Fsp3) is 0.533. The van der Waals surface area contributed by atoms with E-state index < -0.39 is 0 Å². The summed E-state index contributed by atoms with van der Waals surface area (Å²) in [6.07, 6.45) is 2.55. The van der Waals surface area contributed by atoms with Crippen molar-refractivity contribution >= 4 is 40.5 Å². The third-order valence-corrected chi connectivity index (χ3v) is 4.25. The van der Waals surface area contributed by atoms with Crippen LogP contribution in [0.1, 0.15) is 26.2 Å². The lowest BCUT2D eigenvalue weighted by molar-refractivity contribution is -0.116. The van der Waals surface area contributed by atoms with Crippen molar-refractivity contribution in [2.45, 2.75) is 26.2 Å². The van der Waals surface area contributed by atoms with Gasteiger partial charge in [0.1, 0.15) is 0 Å². The summed E-state index contributed by atoms with van der Waals surface area (Å²) in [5.41, 5.74) is 6.65. The van der Waals surface area contributed by atoms with Crippen LogP contribution in [0.4, 0.5) is 11.4 Å². The minimum Gasteiger partial charge on any atom is -0.397 e. The van der Waals surface area contributed by atoms with Crippen molar-refractivity contribution in [3.63, 3.8) is 0 Å². The Balaban J connectivity index is 1.79. The van der Waals surface area contributed by atoms with E-state index in [9.17, 15) is 4.79 Å². The van der Waals surface area contributed by atoms with Crippen LogP contribution in [0, 0.1) is 5.92 Å². The monoisotopic (exact) mass is 329 g/mol. The van der Waals surface area contributed by atoms with Crippen molar-refractivity contribution in [1.82, 2.24) is 4.90 Å². The molecule has 1 aliphatic rings. The maximum Gasteiger partial charge on any atom is 0.224 e. The zero-order valence-electron chi connectivity index (χ0n) is 12.2. The lowest BCUT2D eigenvalue weighted by atomic mass is 10.2. The quantitative estimate of drug-likeness (QED) is 0.811. The number of benzene rings is 1. The topological polar surface area (TPSA) is 58.4 Å². The Morgan fingerprint density at radius 2 is 2.24 bits per heavy atom. The Hall–Kier alpha value is -0.970. The second-order valence-electron chi connectivity index (χ2n) is 5.70. The van der Waals surface area contributed by atoms with Gasteiger partial charge in [0, 0.05) is 18.0 Å². The molecule has 6 heteroatoms. The molecule has 1 atom stereocenters. The molecule has 4 nitrogen and oxygen atoms in total. The van der Waals surface area contributed by atoms with Gasteiger partial charge in [-0.3, -0.25) is 4.79 Å². The van der Waals surface area contributed by atoms with Gasteiger partial charge in [-0.2, -0.15) is 0 Å². The molecule has 0 aromatic heterocycles. The zero-order valence-corrected chi connectivity index (χ0v) is 13.7. The van der Waals surface area contributed by atoms with Gasteiger partial charge in [0.05, 0.1) is 16.4 Å². The summed E-state index contributed by atoms with van der Waals surface area (Å²) in [6, 6.07) is 3.15. The fourth-order valence-electron chi connectivity index (χ4n) is 2.62. The standard InChI is InChI=1S/C15H21Cl2N3O/c1-10-4-6-20(9-10)5-2-3-14(21)19-15-12(17)7-11(16)8-13(15)18/h7-8,10H,2-6,9,18H2,1H3,(H,19,21). The van der Waals surface area contributed by atoms with Crippen molar-refractivity contribution < 1.29 is 4.79 Å². The molecule has 0 saturated carbocycles. The van der Waals surface area contributed by atoms with E-state index in [2.05, 4.69) is 17.1 Å². The van der Waals surface area contributed by atoms with Gasteiger partial charge in [0.15, 0.2) is 0 Å². The molecule has 2 rings (SSSR count). The molecule has 21 heavy (non-hydrogen) atoms. The van der Waals surface area contributed by atoms with Crippen LogP contribution in [0.5, 0.6) is 0 Å². The molecule has 1 amide bonds. The Morgan fingerprint density at radius 1 is 1.48 bits per heavy atom. The van der Waals surface area contributed by atoms with E-state index in [1.54, 1.807) is 12.1 Å². The van der Waals surface area contributed by atoms with Gasteiger partial charge in [0.2, 0.25) is 5.91 Å². The van der Waals surface area contributed by atoms with Gasteiger partial charge in [-0.05, 0) is 44.0 Å². The number of nitrogens with one attached hydrogen (secondary N) is 1. The highest BCUT2D eigenvalue weighted by Gasteiger charge is 2.18. The molecule has 1 heterocycles. The minimum absolute atomic E-state index is 0.0711. The smallest absolute Gasteiger partial charge is 0.224 e. The van der Waals surface area contributed by atoms with Crippen molar-refractivity contribution in [3.05, 3.63) is 22.2 Å². The Labute approximate surface area is 135 Å². The number of hydrogen-bond donors (Lipinski definition) is 2. The Kier molecular flexibility index (Phi) is 5.73. The van der Waals surface area contributed by atoms with Crippen LogP contribution in [0.15, 0.2) is 12.1 Å². The number of carbonyl (C=O) groups is 1. The summed E-state index contributed by atoms with van der Waals surface area (Å²) in [5.74, 6) is 0.699. The molecular formula is C15H21Cl2N3O. The molecule has 1 saturated heterocycles. The SMILES string of the molecule is CC1CCN(CCCC(=O)Nc2c(N)cc(Cl)cc2Cl)C1. The molecule has 116 valence electrons. The van der Waals surface area contributed by atoms with E-state index in [4.69, 9.17) is 28.9 Å². The first-order valence-electron chi connectivity index (χ1n) is 7.22. The number of halogens is 2. The average molecular weight is 330 g/mol. The lowest BCUT2D eigenvalue weighted by Gasteiger charge is -2.15. The van der Waals surface area contributed by atoms with Crippen LogP contribution in [-0.2, 0) is 4.79 Å². The molecule has 0 spiro atoms. The number of anilines is 2. The molecule has 1 fully saturated rings. The normalized spacial score (nSPS) is 18.9. The summed E-state index contributed by atoms with van der Waals surface area (Å²) in [6.45, 7) is 5.50. The third kappa shape index (κ3) is 4.77. The summed E-state index contributed by atoms with van der Waals surface area (Å²) in [5, 5.41) is 3.59. The van der Waals surface area contributed by atoms with E-state index in [0.717, 1.165) is 32.0 Å². The van der Waals surface area contributed by atoms with Crippen LogP contribution in [0.2, 0.25) is 10.0 Å². The summed E-state index contributed by atoms with van der Waals surface area (Å²) in [7, 11) is 0. The highest BCUT2D eigenvalue weighted by Crippen LogP contribution is 2.32. The molecule has 0 radical (unpaired) electrons. The first-order valence-corrected chi connectivity index (χ1v) is 7.98. The first kappa shape index (κ1) is 16.4. The van der Waals surface area contributed by atoms with Crippen molar-refractivity contribution in [1.29, 1.82) is 0 Å². The van der Waals surface area contributed by atoms with Crippen molar-refractivity contribution in [2.24, 2.45) is 5.92 Å². The number of nitrogens with two attached hydrogens (primary N) is 1. The summed E-state index contributed by atoms with van der Waals surface area (Å²) >= 11 is 11.9. The fourth-order valence-corrected chi connectivity index (χ4v) is 3.18. The average Bonchev–Trinajstić information content (AvgIpc) is 2.79. The van der Waals surface area contributed by atoms with Gasteiger partial charge >= 0.3 is 0 Å². The van der Waals surface area contributed by atoms with E-state index in [1.807, 2.05) is 0 Å². The van der Waals surface area contributed by atoms with Gasteiger partial charge in [0.25, 0.3) is 0 Å². The molecule has 1 unspecified atom stereocenters. The Bertz CT molecular complexity index is 499. The molecule has 3 N–H and O–H groups in total. The highest BCUT2D eigenvalue weighted by molar-refractivity contribution is 6.37. The second kappa shape index (κ2) is 7.34. The summed E-state index contributed by atoms with van der Waals surface area (Å²) < 4.78 is 0. The molecule has 1 aliphatic heterocycles. The van der Waals surface area contributed by atoms with Gasteiger partial charge in [-0.1, -0.05) is 30.1 Å². The van der Waals surface area contributed by atoms with Gasteiger partial charge < -0.3 is 16.0 Å². The predicted octanol–water partition coefficient (Wildman–Crippen LogP) is 3.64. The van der Waals surface area contributed by atoms with Crippen LogP contribution in [0.25, 0.3) is 0 Å². The van der Waals surface area contributed by atoms with Crippen LogP contribution < -0.4 is 11.1 Å². The molecule has 1 aromatic rings. The van der Waals surface area contributed by atoms with Crippen LogP contribution in [0.3, 0.4) is 0 Å². The highest BCUT2D eigenvalue weighted by atomic mass is 35.5. The maximum absolute atomic E-state index is 12.0. The number of hydrogen-bond acceptors (Lipinski definition) is 3. The minimum atomic E-state index is -0.0711. The molecule has 0 aliphatic carbocycles. The van der Waals surface area contributed by atoms with E-state index in [0.29, 0.717) is 27.8 Å². The second-order valence-corrected chi connectivity index (χ2v) is 6.54. The number of nitrogen functional groups attached to an aromatic ring is 1. The number of rotatable bonds is 5. The molecule has 0 bridgehead atoms. The van der Waals surface area contributed by atoms with Crippen LogP contribution in [-0.4, -0.2) is 30.4 Å². The van der Waals surface area contributed by atoms with Crippen LogP contribution >= 0.6 is 23.2 Å². The predicted molar refractivity (Wildman–Crippen MR) is 89.0 cm³/mol. The number of amides is 1. The van der Waals surface area contributed by atoms with Crippen molar-refractivity contribution in [3.8, 4) is 0 Å². The van der Waals surface area contributed by atoms with E-state index in [-0.39, 0.29) is 5.91 Å². The van der Waals surface area contributed by atoms with E-state index in [1.165, 1.54) is 6.42 Å². The van der Waals surface area contributed by atoms with E-state index >= 15 is 0 Å².